The van der Waals surface area contributed by atoms with Crippen molar-refractivity contribution in [1.29, 1.82) is 0 Å². The maximum atomic E-state index is 12.2. The van der Waals surface area contributed by atoms with Gasteiger partial charge in [0.2, 0.25) is 0 Å². The largest absolute Gasteiger partial charge is 0.354 e. The molecular weight excluding hydrogens is 312 g/mol. The van der Waals surface area contributed by atoms with Crippen molar-refractivity contribution in [2.75, 3.05) is 18.4 Å². The van der Waals surface area contributed by atoms with E-state index >= 15 is 0 Å². The number of nitrogens with zero attached hydrogens (tertiary/aromatic N) is 1. The Labute approximate surface area is 148 Å². The molecule has 0 radical (unpaired) electrons. The minimum Gasteiger partial charge on any atom is -0.354 e. The summed E-state index contributed by atoms with van der Waals surface area (Å²) in [7, 11) is 0. The van der Waals surface area contributed by atoms with Gasteiger partial charge in [0.15, 0.2) is 5.96 Å². The number of aryl methyl sites for hydroxylation is 1. The number of hydrogen-bond acceptors (Lipinski definition) is 4. The standard InChI is InChI=1S/C20H24N4O/c1-2-3-15-4-8-17(9-5-15)19(25)23-14-16-6-10-18(11-7-16)24-20-21-12-13-22-20/h4-11H,2-3,12-14H2,1H3,(H,23,25)(H2,21,22,24). The lowest BCUT2D eigenvalue weighted by Gasteiger charge is -2.09. The van der Waals surface area contributed by atoms with Crippen molar-refractivity contribution < 1.29 is 4.79 Å². The van der Waals surface area contributed by atoms with E-state index in [1.165, 1.54) is 5.56 Å². The number of aliphatic imine (C=N–C) groups is 1. The van der Waals surface area contributed by atoms with Gasteiger partial charge in [0.25, 0.3) is 5.91 Å². The zero-order valence-corrected chi connectivity index (χ0v) is 14.5. The molecule has 1 aliphatic rings. The second-order valence-corrected chi connectivity index (χ2v) is 6.11. The lowest BCUT2D eigenvalue weighted by Crippen LogP contribution is -2.26. The second kappa shape index (κ2) is 8.33. The number of carbonyl (C=O) groups excluding carboxylic acids is 1. The van der Waals surface area contributed by atoms with E-state index in [0.29, 0.717) is 12.1 Å². The summed E-state index contributed by atoms with van der Waals surface area (Å²) < 4.78 is 0. The smallest absolute Gasteiger partial charge is 0.251 e. The van der Waals surface area contributed by atoms with E-state index in [2.05, 4.69) is 27.9 Å². The molecule has 0 atom stereocenters. The van der Waals surface area contributed by atoms with Crippen LogP contribution in [0.15, 0.2) is 53.5 Å². The number of amides is 1. The molecule has 3 rings (SSSR count). The Morgan fingerprint density at radius 1 is 1.08 bits per heavy atom. The van der Waals surface area contributed by atoms with Crippen molar-refractivity contribution >= 4 is 17.6 Å². The van der Waals surface area contributed by atoms with E-state index in [0.717, 1.165) is 43.1 Å². The van der Waals surface area contributed by atoms with Crippen LogP contribution in [0.4, 0.5) is 5.69 Å². The lowest BCUT2D eigenvalue weighted by atomic mass is 10.1. The van der Waals surface area contributed by atoms with Crippen LogP contribution in [0.3, 0.4) is 0 Å². The van der Waals surface area contributed by atoms with Crippen molar-refractivity contribution in [3.63, 3.8) is 0 Å². The van der Waals surface area contributed by atoms with Crippen molar-refractivity contribution in [3.05, 3.63) is 65.2 Å². The van der Waals surface area contributed by atoms with Crippen LogP contribution in [0.2, 0.25) is 0 Å². The highest BCUT2D eigenvalue weighted by Crippen LogP contribution is 2.11. The normalized spacial score (nSPS) is 13.1. The molecule has 0 bridgehead atoms. The molecule has 0 spiro atoms. The highest BCUT2D eigenvalue weighted by molar-refractivity contribution is 5.95. The number of carbonyl (C=O) groups is 1. The van der Waals surface area contributed by atoms with Gasteiger partial charge in [-0.3, -0.25) is 9.79 Å². The molecule has 0 aliphatic carbocycles. The molecule has 25 heavy (non-hydrogen) atoms. The molecule has 1 aliphatic heterocycles. The fourth-order valence-electron chi connectivity index (χ4n) is 2.72. The summed E-state index contributed by atoms with van der Waals surface area (Å²) in [5.74, 6) is 0.766. The summed E-state index contributed by atoms with van der Waals surface area (Å²) in [5.41, 5.74) is 4.00. The van der Waals surface area contributed by atoms with Crippen LogP contribution in [0.5, 0.6) is 0 Å². The van der Waals surface area contributed by atoms with Gasteiger partial charge in [0, 0.05) is 24.3 Å². The van der Waals surface area contributed by atoms with Crippen LogP contribution in [-0.4, -0.2) is 25.0 Å². The molecule has 3 N–H and O–H groups in total. The Bertz CT molecular complexity index is 735. The summed E-state index contributed by atoms with van der Waals surface area (Å²) in [6, 6.07) is 15.8. The van der Waals surface area contributed by atoms with Crippen molar-refractivity contribution in [1.82, 2.24) is 10.6 Å². The Balaban J connectivity index is 1.51. The number of hydrogen-bond donors (Lipinski definition) is 3. The molecule has 0 aromatic heterocycles. The molecule has 5 nitrogen and oxygen atoms in total. The Hall–Kier alpha value is -2.82. The third-order valence-electron chi connectivity index (χ3n) is 4.10. The molecule has 5 heteroatoms. The number of anilines is 1. The highest BCUT2D eigenvalue weighted by atomic mass is 16.1. The number of rotatable bonds is 6. The first kappa shape index (κ1) is 17.0. The Kier molecular flexibility index (Phi) is 5.67. The van der Waals surface area contributed by atoms with Gasteiger partial charge in [0.1, 0.15) is 0 Å². The fraction of sp³-hybridized carbons (Fsp3) is 0.300. The van der Waals surface area contributed by atoms with Crippen LogP contribution in [0.1, 0.15) is 34.8 Å². The summed E-state index contributed by atoms with van der Waals surface area (Å²) in [5, 5.41) is 9.36. The van der Waals surface area contributed by atoms with E-state index < -0.39 is 0 Å². The van der Waals surface area contributed by atoms with Gasteiger partial charge in [-0.2, -0.15) is 0 Å². The van der Waals surface area contributed by atoms with E-state index in [4.69, 9.17) is 0 Å². The van der Waals surface area contributed by atoms with Gasteiger partial charge in [-0.1, -0.05) is 37.6 Å². The average Bonchev–Trinajstić information content (AvgIpc) is 3.15. The zero-order chi connectivity index (χ0) is 17.5. The fourth-order valence-corrected chi connectivity index (χ4v) is 2.72. The number of nitrogens with one attached hydrogen (secondary N) is 3. The molecule has 0 saturated carbocycles. The molecule has 2 aromatic rings. The minimum atomic E-state index is -0.0465. The second-order valence-electron chi connectivity index (χ2n) is 6.11. The van der Waals surface area contributed by atoms with E-state index in [1.54, 1.807) is 0 Å². The lowest BCUT2D eigenvalue weighted by molar-refractivity contribution is 0.0951. The van der Waals surface area contributed by atoms with E-state index in [1.807, 2.05) is 48.5 Å². The zero-order valence-electron chi connectivity index (χ0n) is 14.5. The maximum absolute atomic E-state index is 12.2. The van der Waals surface area contributed by atoms with Crippen LogP contribution >= 0.6 is 0 Å². The average molecular weight is 336 g/mol. The first-order chi connectivity index (χ1) is 12.2. The first-order valence-electron chi connectivity index (χ1n) is 8.76. The van der Waals surface area contributed by atoms with Gasteiger partial charge in [-0.15, -0.1) is 0 Å². The van der Waals surface area contributed by atoms with Gasteiger partial charge in [0.05, 0.1) is 6.54 Å². The summed E-state index contributed by atoms with van der Waals surface area (Å²) in [6.45, 7) is 4.35. The first-order valence-corrected chi connectivity index (χ1v) is 8.76. The van der Waals surface area contributed by atoms with Crippen molar-refractivity contribution in [2.45, 2.75) is 26.3 Å². The maximum Gasteiger partial charge on any atom is 0.251 e. The van der Waals surface area contributed by atoms with Crippen LogP contribution in [-0.2, 0) is 13.0 Å². The van der Waals surface area contributed by atoms with E-state index in [-0.39, 0.29) is 5.91 Å². The van der Waals surface area contributed by atoms with Crippen molar-refractivity contribution in [2.24, 2.45) is 4.99 Å². The molecule has 130 valence electrons. The molecule has 0 fully saturated rings. The quantitative estimate of drug-likeness (QED) is 0.760. The van der Waals surface area contributed by atoms with Crippen LogP contribution < -0.4 is 16.0 Å². The monoisotopic (exact) mass is 336 g/mol. The topological polar surface area (TPSA) is 65.5 Å². The summed E-state index contributed by atoms with van der Waals surface area (Å²) >= 11 is 0. The molecule has 1 amide bonds. The molecular formula is C20H24N4O. The Morgan fingerprint density at radius 3 is 2.44 bits per heavy atom. The SMILES string of the molecule is CCCc1ccc(C(=O)NCc2ccc(NC3=NCCN3)cc2)cc1. The van der Waals surface area contributed by atoms with Gasteiger partial charge in [-0.05, 0) is 41.8 Å². The molecule has 2 aromatic carbocycles. The number of benzene rings is 2. The van der Waals surface area contributed by atoms with Gasteiger partial charge < -0.3 is 16.0 Å². The third kappa shape index (κ3) is 4.83. The Morgan fingerprint density at radius 2 is 1.80 bits per heavy atom. The van der Waals surface area contributed by atoms with E-state index in [9.17, 15) is 4.79 Å². The predicted octanol–water partition coefficient (Wildman–Crippen LogP) is 2.94. The third-order valence-corrected chi connectivity index (χ3v) is 4.10. The summed E-state index contributed by atoms with van der Waals surface area (Å²) in [6.07, 6.45) is 2.16. The number of guanidine groups is 1. The molecule has 1 heterocycles. The van der Waals surface area contributed by atoms with Crippen molar-refractivity contribution in [3.8, 4) is 0 Å². The van der Waals surface area contributed by atoms with Crippen LogP contribution in [0.25, 0.3) is 0 Å². The summed E-state index contributed by atoms with van der Waals surface area (Å²) in [4.78, 5) is 16.5. The molecule has 0 saturated heterocycles. The van der Waals surface area contributed by atoms with Crippen LogP contribution in [0, 0.1) is 0 Å². The molecule has 0 unspecified atom stereocenters. The minimum absolute atomic E-state index is 0.0465. The highest BCUT2D eigenvalue weighted by Gasteiger charge is 2.06. The van der Waals surface area contributed by atoms with Gasteiger partial charge in [-0.25, -0.2) is 0 Å². The predicted molar refractivity (Wildman–Crippen MR) is 102 cm³/mol. The van der Waals surface area contributed by atoms with Gasteiger partial charge >= 0.3 is 0 Å².